The lowest BCUT2D eigenvalue weighted by Gasteiger charge is -2.37. The highest BCUT2D eigenvalue weighted by atomic mass is 19.4. The van der Waals surface area contributed by atoms with Gasteiger partial charge in [0, 0.05) is 0 Å². The molecule has 0 spiro atoms. The summed E-state index contributed by atoms with van der Waals surface area (Å²) in [6.45, 7) is 0.796. The maximum absolute atomic E-state index is 12.9. The maximum Gasteiger partial charge on any atom is 0.420 e. The molecule has 0 radical (unpaired) electrons. The summed E-state index contributed by atoms with van der Waals surface area (Å²) in [7, 11) is 1.37. The first-order valence-corrected chi connectivity index (χ1v) is 5.13. The third kappa shape index (κ3) is 1.66. The van der Waals surface area contributed by atoms with Crippen LogP contribution in [0.4, 0.5) is 24.5 Å². The normalized spacial score (nSPS) is 22.8. The van der Waals surface area contributed by atoms with Crippen molar-refractivity contribution in [3.63, 3.8) is 0 Å². The van der Waals surface area contributed by atoms with Crippen molar-refractivity contribution >= 4 is 17.3 Å². The summed E-state index contributed by atoms with van der Waals surface area (Å²) in [4.78, 5) is 11.6. The molecule has 4 nitrogen and oxygen atoms in total. The van der Waals surface area contributed by atoms with Crippen LogP contribution in [0.2, 0.25) is 0 Å². The summed E-state index contributed by atoms with van der Waals surface area (Å²) in [5, 5.41) is 4.45. The molecule has 1 heterocycles. The molecule has 1 atom stereocenters. The van der Waals surface area contributed by atoms with Gasteiger partial charge in [0.25, 0.3) is 5.91 Å². The van der Waals surface area contributed by atoms with Gasteiger partial charge in [0.2, 0.25) is 5.54 Å². The molecule has 1 aliphatic heterocycles. The van der Waals surface area contributed by atoms with Gasteiger partial charge in [-0.05, 0) is 19.1 Å². The molecule has 98 valence electrons. The third-order valence-corrected chi connectivity index (χ3v) is 2.89. The Kier molecular flexibility index (Phi) is 2.64. The van der Waals surface area contributed by atoms with Crippen LogP contribution < -0.4 is 15.4 Å². The Balaban J connectivity index is 2.50. The number of ether oxygens (including phenoxy) is 1. The maximum atomic E-state index is 12.9. The van der Waals surface area contributed by atoms with Crippen molar-refractivity contribution in [1.29, 1.82) is 0 Å². The number of carbonyl (C=O) groups excluding carboxylic acids is 1. The van der Waals surface area contributed by atoms with Crippen molar-refractivity contribution in [3.05, 3.63) is 18.2 Å². The quantitative estimate of drug-likeness (QED) is 0.815. The van der Waals surface area contributed by atoms with Gasteiger partial charge in [0.1, 0.15) is 11.4 Å². The largest absolute Gasteiger partial charge is 0.494 e. The second-order valence-electron chi connectivity index (χ2n) is 4.08. The molecule has 1 aromatic carbocycles. The van der Waals surface area contributed by atoms with Crippen LogP contribution >= 0.6 is 0 Å². The number of benzene rings is 1. The lowest BCUT2D eigenvalue weighted by Crippen LogP contribution is -2.60. The highest BCUT2D eigenvalue weighted by molar-refractivity contribution is 6.07. The molecular formula is C11H11F3N2O2. The summed E-state index contributed by atoms with van der Waals surface area (Å²) in [6.07, 6.45) is -4.70. The zero-order valence-corrected chi connectivity index (χ0v) is 9.68. The van der Waals surface area contributed by atoms with E-state index in [4.69, 9.17) is 4.74 Å². The van der Waals surface area contributed by atoms with Gasteiger partial charge in [-0.25, -0.2) is 0 Å². The number of alkyl halides is 3. The molecule has 1 aliphatic rings. The lowest BCUT2D eigenvalue weighted by atomic mass is 9.96. The third-order valence-electron chi connectivity index (χ3n) is 2.89. The van der Waals surface area contributed by atoms with Crippen LogP contribution in [-0.2, 0) is 4.79 Å². The molecule has 0 saturated heterocycles. The standard InChI is InChI=1S/C11H11F3N2O2/c1-10(11(12,13)14)9(17)15-8-6(16-10)4-3-5-7(8)18-2/h3-5,16H,1-2H3,(H,15,17). The molecule has 2 N–H and O–H groups in total. The fourth-order valence-electron chi connectivity index (χ4n) is 1.70. The van der Waals surface area contributed by atoms with Crippen molar-refractivity contribution in [1.82, 2.24) is 0 Å². The molecule has 0 saturated carbocycles. The Morgan fingerprint density at radius 3 is 2.56 bits per heavy atom. The monoisotopic (exact) mass is 260 g/mol. The number of anilines is 2. The number of amides is 1. The first-order chi connectivity index (χ1) is 8.29. The van der Waals surface area contributed by atoms with E-state index in [0.717, 1.165) is 6.92 Å². The average molecular weight is 260 g/mol. The molecule has 18 heavy (non-hydrogen) atoms. The van der Waals surface area contributed by atoms with Crippen molar-refractivity contribution < 1.29 is 22.7 Å². The minimum atomic E-state index is -4.70. The van der Waals surface area contributed by atoms with E-state index in [1.54, 1.807) is 12.1 Å². The average Bonchev–Trinajstić information content (AvgIpc) is 2.28. The van der Waals surface area contributed by atoms with E-state index in [1.165, 1.54) is 13.2 Å². The van der Waals surface area contributed by atoms with Crippen LogP contribution in [-0.4, -0.2) is 24.7 Å². The first-order valence-electron chi connectivity index (χ1n) is 5.13. The van der Waals surface area contributed by atoms with Crippen LogP contribution in [0.25, 0.3) is 0 Å². The first kappa shape index (κ1) is 12.5. The molecule has 0 fully saturated rings. The lowest BCUT2D eigenvalue weighted by molar-refractivity contribution is -0.179. The Hall–Kier alpha value is -1.92. The highest BCUT2D eigenvalue weighted by Gasteiger charge is 2.59. The Morgan fingerprint density at radius 2 is 2.00 bits per heavy atom. The minimum Gasteiger partial charge on any atom is -0.494 e. The van der Waals surface area contributed by atoms with E-state index < -0.39 is 17.6 Å². The van der Waals surface area contributed by atoms with Crippen LogP contribution in [0.15, 0.2) is 18.2 Å². The summed E-state index contributed by atoms with van der Waals surface area (Å²) in [6, 6.07) is 4.54. The van der Waals surface area contributed by atoms with E-state index >= 15 is 0 Å². The van der Waals surface area contributed by atoms with Crippen molar-refractivity contribution in [3.8, 4) is 5.75 Å². The van der Waals surface area contributed by atoms with Gasteiger partial charge < -0.3 is 15.4 Å². The van der Waals surface area contributed by atoms with E-state index in [0.29, 0.717) is 5.75 Å². The number of para-hydroxylation sites is 1. The predicted molar refractivity (Wildman–Crippen MR) is 59.7 cm³/mol. The number of rotatable bonds is 1. The second-order valence-corrected chi connectivity index (χ2v) is 4.08. The number of hydrogen-bond acceptors (Lipinski definition) is 3. The molecule has 0 aromatic heterocycles. The van der Waals surface area contributed by atoms with Gasteiger partial charge >= 0.3 is 6.18 Å². The Morgan fingerprint density at radius 1 is 1.33 bits per heavy atom. The van der Waals surface area contributed by atoms with Gasteiger partial charge in [0.15, 0.2) is 0 Å². The summed E-state index contributed by atoms with van der Waals surface area (Å²) < 4.78 is 43.7. The minimum absolute atomic E-state index is 0.175. The van der Waals surface area contributed by atoms with Gasteiger partial charge in [-0.2, -0.15) is 13.2 Å². The Labute approximate surface area is 101 Å². The van der Waals surface area contributed by atoms with E-state index in [9.17, 15) is 18.0 Å². The number of nitrogens with one attached hydrogen (secondary N) is 2. The summed E-state index contributed by atoms with van der Waals surface area (Å²) in [5.74, 6) is -0.857. The fourth-order valence-corrected chi connectivity index (χ4v) is 1.70. The topological polar surface area (TPSA) is 50.4 Å². The van der Waals surface area contributed by atoms with Gasteiger partial charge in [-0.3, -0.25) is 4.79 Å². The molecule has 2 rings (SSSR count). The molecule has 0 bridgehead atoms. The summed E-state index contributed by atoms with van der Waals surface area (Å²) in [5.41, 5.74) is -2.26. The van der Waals surface area contributed by atoms with Crippen LogP contribution in [0, 0.1) is 0 Å². The molecule has 0 aliphatic carbocycles. The number of fused-ring (bicyclic) bond motifs is 1. The molecular weight excluding hydrogens is 249 g/mol. The van der Waals surface area contributed by atoms with Gasteiger partial charge in [-0.15, -0.1) is 0 Å². The molecule has 1 aromatic rings. The second kappa shape index (κ2) is 3.79. The van der Waals surface area contributed by atoms with Crippen LogP contribution in [0.3, 0.4) is 0 Å². The molecule has 1 unspecified atom stereocenters. The fraction of sp³-hybridized carbons (Fsp3) is 0.364. The number of halogens is 3. The number of methoxy groups -OCH3 is 1. The molecule has 7 heteroatoms. The smallest absolute Gasteiger partial charge is 0.420 e. The summed E-state index contributed by atoms with van der Waals surface area (Å²) >= 11 is 0. The predicted octanol–water partition coefficient (Wildman–Crippen LogP) is 2.38. The zero-order chi connectivity index (χ0) is 13.6. The van der Waals surface area contributed by atoms with Gasteiger partial charge in [-0.1, -0.05) is 6.07 Å². The van der Waals surface area contributed by atoms with Crippen molar-refractivity contribution in [2.45, 2.75) is 18.6 Å². The van der Waals surface area contributed by atoms with Gasteiger partial charge in [0.05, 0.1) is 12.8 Å². The Bertz CT molecular complexity index is 502. The number of carbonyl (C=O) groups is 1. The van der Waals surface area contributed by atoms with Crippen molar-refractivity contribution in [2.75, 3.05) is 17.7 Å². The van der Waals surface area contributed by atoms with E-state index in [1.807, 2.05) is 0 Å². The van der Waals surface area contributed by atoms with Crippen LogP contribution in [0.5, 0.6) is 5.75 Å². The van der Waals surface area contributed by atoms with Crippen molar-refractivity contribution in [2.24, 2.45) is 0 Å². The number of hydrogen-bond donors (Lipinski definition) is 2. The zero-order valence-electron chi connectivity index (χ0n) is 9.68. The van der Waals surface area contributed by atoms with E-state index in [2.05, 4.69) is 10.6 Å². The van der Waals surface area contributed by atoms with Crippen LogP contribution in [0.1, 0.15) is 6.92 Å². The van der Waals surface area contributed by atoms with E-state index in [-0.39, 0.29) is 11.4 Å². The SMILES string of the molecule is COc1cccc2c1NC(=O)C(C)(C(F)(F)F)N2. The molecule has 1 amide bonds. The highest BCUT2D eigenvalue weighted by Crippen LogP contribution is 2.43.